The van der Waals surface area contributed by atoms with Gasteiger partial charge in [-0.25, -0.2) is 0 Å². The first-order valence-corrected chi connectivity index (χ1v) is 18.0. The van der Waals surface area contributed by atoms with Crippen molar-refractivity contribution in [1.82, 2.24) is 5.32 Å². The average molecular weight is 668 g/mol. The number of carbonyl (C=O) groups excluding carboxylic acids is 1. The molecule has 8 atom stereocenters. The van der Waals surface area contributed by atoms with E-state index in [4.69, 9.17) is 9.47 Å². The number of aliphatic hydroxyl groups excluding tert-OH is 6. The van der Waals surface area contributed by atoms with Crippen molar-refractivity contribution in [2.24, 2.45) is 0 Å². The number of aliphatic hydroxyl groups is 6. The van der Waals surface area contributed by atoms with Crippen LogP contribution in [0.5, 0.6) is 0 Å². The van der Waals surface area contributed by atoms with E-state index in [2.05, 4.69) is 49.5 Å². The largest absolute Gasteiger partial charge is 0.394 e. The Morgan fingerprint density at radius 1 is 0.723 bits per heavy atom. The predicted octanol–water partition coefficient (Wildman–Crippen LogP) is 4.52. The summed E-state index contributed by atoms with van der Waals surface area (Å²) in [5, 5.41) is 63.9. The minimum absolute atomic E-state index is 0.213. The molecule has 0 saturated carbocycles. The number of unbranched alkanes of at least 4 members (excludes halogenated alkanes) is 10. The van der Waals surface area contributed by atoms with Gasteiger partial charge in [-0.1, -0.05) is 101 Å². The standard InChI is InChI=1S/C37H65NO9/c1-3-5-7-9-11-13-14-15-16-17-18-20-21-23-25-30(40)29(28-46-37-35(44)34(43)33(42)32(27-39)47-37)38-36(45)31(41)26-24-22-19-12-10-8-6-4-2/h13-14,17-19,22-23,25,29-35,37,39-44H,3-12,15-16,20-21,24,26-28H2,1-2H3,(H,38,45)/b14-13+,18-17+,22-19-,25-23+. The summed E-state index contributed by atoms with van der Waals surface area (Å²) in [6.07, 6.45) is 22.3. The van der Waals surface area contributed by atoms with Gasteiger partial charge < -0.3 is 45.4 Å². The zero-order chi connectivity index (χ0) is 34.7. The number of allylic oxidation sites excluding steroid dienone is 7. The Bertz CT molecular complexity index is 891. The van der Waals surface area contributed by atoms with E-state index in [1.54, 1.807) is 12.2 Å². The van der Waals surface area contributed by atoms with Crippen LogP contribution in [0.25, 0.3) is 0 Å². The summed E-state index contributed by atoms with van der Waals surface area (Å²) < 4.78 is 11.0. The van der Waals surface area contributed by atoms with Crippen LogP contribution in [0.2, 0.25) is 0 Å². The zero-order valence-corrected chi connectivity index (χ0v) is 28.9. The summed E-state index contributed by atoms with van der Waals surface area (Å²) in [5.74, 6) is -0.672. The lowest BCUT2D eigenvalue weighted by molar-refractivity contribution is -0.302. The summed E-state index contributed by atoms with van der Waals surface area (Å²) >= 11 is 0. The molecule has 1 aliphatic heterocycles. The fourth-order valence-corrected chi connectivity index (χ4v) is 5.13. The van der Waals surface area contributed by atoms with Crippen molar-refractivity contribution < 1.29 is 44.9 Å². The molecular weight excluding hydrogens is 602 g/mol. The maximum absolute atomic E-state index is 12.8. The summed E-state index contributed by atoms with van der Waals surface area (Å²) in [4.78, 5) is 12.8. The van der Waals surface area contributed by atoms with E-state index in [0.717, 1.165) is 38.5 Å². The monoisotopic (exact) mass is 667 g/mol. The highest BCUT2D eigenvalue weighted by molar-refractivity contribution is 5.80. The molecule has 0 radical (unpaired) electrons. The molecule has 10 heteroatoms. The Morgan fingerprint density at radius 3 is 1.81 bits per heavy atom. The van der Waals surface area contributed by atoms with Crippen molar-refractivity contribution in [3.63, 3.8) is 0 Å². The molecular formula is C37H65NO9. The van der Waals surface area contributed by atoms with Crippen LogP contribution in [0.15, 0.2) is 48.6 Å². The average Bonchev–Trinajstić information content (AvgIpc) is 3.07. The molecule has 0 spiro atoms. The molecule has 272 valence electrons. The van der Waals surface area contributed by atoms with Crippen LogP contribution in [0.4, 0.5) is 0 Å². The van der Waals surface area contributed by atoms with Gasteiger partial charge in [0.1, 0.15) is 30.5 Å². The second-order valence-electron chi connectivity index (χ2n) is 12.4. The maximum Gasteiger partial charge on any atom is 0.249 e. The Balaban J connectivity index is 2.64. The number of rotatable bonds is 27. The Hall–Kier alpha value is -1.89. The minimum atomic E-state index is -1.62. The van der Waals surface area contributed by atoms with Gasteiger partial charge in [0.15, 0.2) is 6.29 Å². The number of hydrogen-bond acceptors (Lipinski definition) is 9. The Labute approximate surface area is 283 Å². The molecule has 1 saturated heterocycles. The van der Waals surface area contributed by atoms with Gasteiger partial charge in [-0.05, 0) is 64.2 Å². The number of ether oxygens (including phenoxy) is 2. The fraction of sp³-hybridized carbons (Fsp3) is 0.757. The highest BCUT2D eigenvalue weighted by Gasteiger charge is 2.44. The molecule has 47 heavy (non-hydrogen) atoms. The van der Waals surface area contributed by atoms with Gasteiger partial charge in [-0.15, -0.1) is 0 Å². The van der Waals surface area contributed by atoms with Crippen LogP contribution in [-0.4, -0.2) is 98.7 Å². The van der Waals surface area contributed by atoms with Crippen LogP contribution in [-0.2, 0) is 14.3 Å². The molecule has 1 amide bonds. The van der Waals surface area contributed by atoms with E-state index in [1.807, 2.05) is 6.08 Å². The number of amides is 1. The SMILES string of the molecule is CCCCCC/C=C\CCC(O)C(=O)NC(COC1OC(CO)C(O)C(O)C1O)C(O)/C=C/CC/C=C/CC/C=C/CCCCCC. The van der Waals surface area contributed by atoms with Gasteiger partial charge in [-0.2, -0.15) is 0 Å². The van der Waals surface area contributed by atoms with Gasteiger partial charge in [0, 0.05) is 0 Å². The molecule has 1 aliphatic rings. The van der Waals surface area contributed by atoms with Crippen LogP contribution >= 0.6 is 0 Å². The first-order chi connectivity index (χ1) is 22.8. The van der Waals surface area contributed by atoms with E-state index >= 15 is 0 Å². The molecule has 10 nitrogen and oxygen atoms in total. The molecule has 0 aromatic rings. The lowest BCUT2D eigenvalue weighted by atomic mass is 9.99. The van der Waals surface area contributed by atoms with E-state index in [-0.39, 0.29) is 13.0 Å². The van der Waals surface area contributed by atoms with Crippen molar-refractivity contribution in [3.8, 4) is 0 Å². The summed E-state index contributed by atoms with van der Waals surface area (Å²) in [7, 11) is 0. The van der Waals surface area contributed by atoms with Crippen molar-refractivity contribution in [3.05, 3.63) is 48.6 Å². The zero-order valence-electron chi connectivity index (χ0n) is 28.9. The third kappa shape index (κ3) is 19.6. The number of nitrogens with one attached hydrogen (secondary N) is 1. The van der Waals surface area contributed by atoms with E-state index in [9.17, 15) is 35.4 Å². The normalized spacial score (nSPS) is 24.1. The van der Waals surface area contributed by atoms with Crippen molar-refractivity contribution >= 4 is 5.91 Å². The van der Waals surface area contributed by atoms with Crippen LogP contribution < -0.4 is 5.32 Å². The third-order valence-corrected chi connectivity index (χ3v) is 8.22. The molecule has 0 aliphatic carbocycles. The van der Waals surface area contributed by atoms with Gasteiger partial charge in [0.05, 0.1) is 25.4 Å². The highest BCUT2D eigenvalue weighted by atomic mass is 16.7. The van der Waals surface area contributed by atoms with Gasteiger partial charge in [0.2, 0.25) is 5.91 Å². The molecule has 0 bridgehead atoms. The third-order valence-electron chi connectivity index (χ3n) is 8.22. The van der Waals surface area contributed by atoms with E-state index in [1.165, 1.54) is 44.9 Å². The molecule has 1 fully saturated rings. The second-order valence-corrected chi connectivity index (χ2v) is 12.4. The molecule has 0 aromatic heterocycles. The molecule has 7 N–H and O–H groups in total. The van der Waals surface area contributed by atoms with Gasteiger partial charge >= 0.3 is 0 Å². The number of carbonyl (C=O) groups is 1. The van der Waals surface area contributed by atoms with Crippen LogP contribution in [0, 0.1) is 0 Å². The lowest BCUT2D eigenvalue weighted by Gasteiger charge is -2.40. The summed E-state index contributed by atoms with van der Waals surface area (Å²) in [6, 6.07) is -1.01. The topological polar surface area (TPSA) is 169 Å². The van der Waals surface area contributed by atoms with Crippen molar-refractivity contribution in [1.29, 1.82) is 0 Å². The lowest BCUT2D eigenvalue weighted by Crippen LogP contribution is -2.60. The van der Waals surface area contributed by atoms with E-state index in [0.29, 0.717) is 12.8 Å². The first kappa shape index (κ1) is 43.1. The maximum atomic E-state index is 12.8. The fourth-order valence-electron chi connectivity index (χ4n) is 5.13. The van der Waals surface area contributed by atoms with Gasteiger partial charge in [-0.3, -0.25) is 4.79 Å². The second kappa shape index (κ2) is 28.0. The molecule has 8 unspecified atom stereocenters. The highest BCUT2D eigenvalue weighted by Crippen LogP contribution is 2.22. The Kier molecular flexibility index (Phi) is 25.7. The van der Waals surface area contributed by atoms with Gasteiger partial charge in [0.25, 0.3) is 0 Å². The van der Waals surface area contributed by atoms with Crippen molar-refractivity contribution in [2.45, 2.75) is 166 Å². The smallest absolute Gasteiger partial charge is 0.249 e. The molecule has 1 heterocycles. The van der Waals surface area contributed by atoms with Crippen LogP contribution in [0.1, 0.15) is 117 Å². The van der Waals surface area contributed by atoms with E-state index < -0.39 is 61.5 Å². The summed E-state index contributed by atoms with van der Waals surface area (Å²) in [5.41, 5.74) is 0. The first-order valence-electron chi connectivity index (χ1n) is 18.0. The Morgan fingerprint density at radius 2 is 1.26 bits per heavy atom. The van der Waals surface area contributed by atoms with Crippen molar-refractivity contribution in [2.75, 3.05) is 13.2 Å². The summed E-state index contributed by atoms with van der Waals surface area (Å²) in [6.45, 7) is 3.43. The number of hydrogen-bond donors (Lipinski definition) is 7. The molecule has 0 aromatic carbocycles. The predicted molar refractivity (Wildman–Crippen MR) is 185 cm³/mol. The quantitative estimate of drug-likeness (QED) is 0.0492. The minimum Gasteiger partial charge on any atom is -0.394 e. The van der Waals surface area contributed by atoms with Crippen LogP contribution in [0.3, 0.4) is 0 Å². The molecule has 1 rings (SSSR count).